The first-order valence-corrected chi connectivity index (χ1v) is 6.75. The van der Waals surface area contributed by atoms with Crippen LogP contribution in [0.2, 0.25) is 5.02 Å². The molecule has 1 aliphatic carbocycles. The number of halogens is 1. The number of nitrogens with one attached hydrogen (secondary N) is 1. The summed E-state index contributed by atoms with van der Waals surface area (Å²) in [5, 5.41) is 12.7. The molecular formula is C14H18ClNO2. The van der Waals surface area contributed by atoms with Crippen molar-refractivity contribution in [2.75, 3.05) is 5.32 Å². The number of benzene rings is 1. The van der Waals surface area contributed by atoms with E-state index >= 15 is 0 Å². The number of anilines is 1. The summed E-state index contributed by atoms with van der Waals surface area (Å²) in [6.45, 7) is 2.24. The SMILES string of the molecule is CC1CCCCC1Nc1ccc(Cl)c(C(=O)O)c1. The maximum Gasteiger partial charge on any atom is 0.337 e. The van der Waals surface area contributed by atoms with E-state index in [1.54, 1.807) is 12.1 Å². The minimum Gasteiger partial charge on any atom is -0.478 e. The predicted octanol–water partition coefficient (Wildman–Crippen LogP) is 4.03. The zero-order valence-corrected chi connectivity index (χ0v) is 11.2. The number of carboxylic acids is 1. The molecule has 98 valence electrons. The number of carboxylic acid groups (broad SMARTS) is 1. The number of hydrogen-bond acceptors (Lipinski definition) is 2. The summed E-state index contributed by atoms with van der Waals surface area (Å²) in [6.07, 6.45) is 4.91. The van der Waals surface area contributed by atoms with Crippen molar-refractivity contribution in [2.24, 2.45) is 5.92 Å². The van der Waals surface area contributed by atoms with Gasteiger partial charge in [-0.15, -0.1) is 0 Å². The van der Waals surface area contributed by atoms with Gasteiger partial charge in [0.15, 0.2) is 0 Å². The molecule has 1 aliphatic rings. The summed E-state index contributed by atoms with van der Waals surface area (Å²) in [5.74, 6) is -0.358. The molecule has 0 amide bonds. The van der Waals surface area contributed by atoms with Crippen LogP contribution < -0.4 is 5.32 Å². The van der Waals surface area contributed by atoms with Crippen LogP contribution in [0.15, 0.2) is 18.2 Å². The fourth-order valence-corrected chi connectivity index (χ4v) is 2.72. The molecule has 2 rings (SSSR count). The van der Waals surface area contributed by atoms with E-state index in [9.17, 15) is 4.79 Å². The van der Waals surface area contributed by atoms with E-state index in [4.69, 9.17) is 16.7 Å². The number of carbonyl (C=O) groups is 1. The molecule has 2 N–H and O–H groups in total. The Morgan fingerprint density at radius 3 is 2.78 bits per heavy atom. The third-order valence-corrected chi connectivity index (χ3v) is 3.99. The van der Waals surface area contributed by atoms with Crippen molar-refractivity contribution >= 4 is 23.3 Å². The van der Waals surface area contributed by atoms with Gasteiger partial charge in [-0.3, -0.25) is 0 Å². The third-order valence-electron chi connectivity index (χ3n) is 3.66. The lowest BCUT2D eigenvalue weighted by molar-refractivity contribution is 0.0697. The summed E-state index contributed by atoms with van der Waals surface area (Å²) in [7, 11) is 0. The van der Waals surface area contributed by atoms with E-state index in [0.717, 1.165) is 12.1 Å². The Bertz CT molecular complexity index is 447. The second-order valence-electron chi connectivity index (χ2n) is 5.01. The molecule has 0 spiro atoms. The summed E-state index contributed by atoms with van der Waals surface area (Å²) in [6, 6.07) is 5.53. The number of aromatic carboxylic acids is 1. The maximum absolute atomic E-state index is 11.0. The average molecular weight is 268 g/mol. The highest BCUT2D eigenvalue weighted by atomic mass is 35.5. The highest BCUT2D eigenvalue weighted by Gasteiger charge is 2.21. The van der Waals surface area contributed by atoms with Crippen LogP contribution in [-0.2, 0) is 0 Å². The molecule has 3 nitrogen and oxygen atoms in total. The summed E-state index contributed by atoms with van der Waals surface area (Å²) >= 11 is 5.85. The first-order valence-electron chi connectivity index (χ1n) is 6.37. The second kappa shape index (κ2) is 5.61. The lowest BCUT2D eigenvalue weighted by atomic mass is 9.86. The highest BCUT2D eigenvalue weighted by molar-refractivity contribution is 6.33. The fourth-order valence-electron chi connectivity index (χ4n) is 2.52. The van der Waals surface area contributed by atoms with Crippen molar-refractivity contribution < 1.29 is 9.90 Å². The van der Waals surface area contributed by atoms with Gasteiger partial charge in [0, 0.05) is 11.7 Å². The third kappa shape index (κ3) is 2.96. The molecule has 0 aromatic heterocycles. The monoisotopic (exact) mass is 267 g/mol. The molecule has 1 aromatic carbocycles. The molecule has 0 aliphatic heterocycles. The van der Waals surface area contributed by atoms with E-state index in [1.807, 2.05) is 6.07 Å². The molecule has 18 heavy (non-hydrogen) atoms. The van der Waals surface area contributed by atoms with Crippen molar-refractivity contribution in [3.05, 3.63) is 28.8 Å². The van der Waals surface area contributed by atoms with Crippen LogP contribution in [-0.4, -0.2) is 17.1 Å². The van der Waals surface area contributed by atoms with Crippen LogP contribution in [0, 0.1) is 5.92 Å². The summed E-state index contributed by atoms with van der Waals surface area (Å²) in [5.41, 5.74) is 1.00. The van der Waals surface area contributed by atoms with Crippen LogP contribution in [0.1, 0.15) is 43.0 Å². The Labute approximate surface area is 112 Å². The van der Waals surface area contributed by atoms with Gasteiger partial charge in [-0.1, -0.05) is 31.4 Å². The maximum atomic E-state index is 11.0. The van der Waals surface area contributed by atoms with Gasteiger partial charge in [0.2, 0.25) is 0 Å². The first kappa shape index (κ1) is 13.2. The van der Waals surface area contributed by atoms with Gasteiger partial charge in [0.25, 0.3) is 0 Å². The quantitative estimate of drug-likeness (QED) is 0.869. The predicted molar refractivity (Wildman–Crippen MR) is 73.5 cm³/mol. The largest absolute Gasteiger partial charge is 0.478 e. The van der Waals surface area contributed by atoms with Crippen molar-refractivity contribution in [3.63, 3.8) is 0 Å². The molecule has 2 unspecified atom stereocenters. The molecule has 0 heterocycles. The van der Waals surface area contributed by atoms with Gasteiger partial charge in [-0.25, -0.2) is 4.79 Å². The standard InChI is InChI=1S/C14H18ClNO2/c1-9-4-2-3-5-13(9)16-10-6-7-12(15)11(8-10)14(17)18/h6-9,13,16H,2-5H2,1H3,(H,17,18). The van der Waals surface area contributed by atoms with Crippen molar-refractivity contribution in [3.8, 4) is 0 Å². The Kier molecular flexibility index (Phi) is 4.12. The van der Waals surface area contributed by atoms with Gasteiger partial charge in [0.1, 0.15) is 0 Å². The Morgan fingerprint density at radius 1 is 1.39 bits per heavy atom. The van der Waals surface area contributed by atoms with Gasteiger partial charge < -0.3 is 10.4 Å². The zero-order valence-electron chi connectivity index (χ0n) is 10.4. The zero-order chi connectivity index (χ0) is 13.1. The molecule has 1 saturated carbocycles. The van der Waals surface area contributed by atoms with Crippen molar-refractivity contribution in [2.45, 2.75) is 38.6 Å². The Balaban J connectivity index is 2.14. The molecule has 0 radical (unpaired) electrons. The topological polar surface area (TPSA) is 49.3 Å². The van der Waals surface area contributed by atoms with Gasteiger partial charge in [-0.05, 0) is 37.0 Å². The molecule has 4 heteroatoms. The van der Waals surface area contributed by atoms with E-state index in [-0.39, 0.29) is 10.6 Å². The number of hydrogen-bond donors (Lipinski definition) is 2. The number of rotatable bonds is 3. The van der Waals surface area contributed by atoms with Crippen molar-refractivity contribution in [1.82, 2.24) is 0 Å². The lowest BCUT2D eigenvalue weighted by Gasteiger charge is -2.30. The van der Waals surface area contributed by atoms with E-state index in [0.29, 0.717) is 12.0 Å². The van der Waals surface area contributed by atoms with Crippen LogP contribution in [0.3, 0.4) is 0 Å². The molecule has 1 aromatic rings. The van der Waals surface area contributed by atoms with Crippen LogP contribution in [0.25, 0.3) is 0 Å². The molecule has 2 atom stereocenters. The van der Waals surface area contributed by atoms with Crippen LogP contribution in [0.5, 0.6) is 0 Å². The van der Waals surface area contributed by atoms with Crippen LogP contribution >= 0.6 is 11.6 Å². The molecule has 0 bridgehead atoms. The fraction of sp³-hybridized carbons (Fsp3) is 0.500. The molecule has 1 fully saturated rings. The Hall–Kier alpha value is -1.22. The summed E-state index contributed by atoms with van der Waals surface area (Å²) in [4.78, 5) is 11.0. The minimum atomic E-state index is -0.986. The lowest BCUT2D eigenvalue weighted by Crippen LogP contribution is -2.30. The van der Waals surface area contributed by atoms with E-state index < -0.39 is 5.97 Å². The second-order valence-corrected chi connectivity index (χ2v) is 5.42. The summed E-state index contributed by atoms with van der Waals surface area (Å²) < 4.78 is 0. The normalized spacial score (nSPS) is 23.7. The smallest absolute Gasteiger partial charge is 0.337 e. The van der Waals surface area contributed by atoms with Crippen molar-refractivity contribution in [1.29, 1.82) is 0 Å². The van der Waals surface area contributed by atoms with Gasteiger partial charge in [0.05, 0.1) is 10.6 Å². The van der Waals surface area contributed by atoms with E-state index in [2.05, 4.69) is 12.2 Å². The van der Waals surface area contributed by atoms with Crippen LogP contribution in [0.4, 0.5) is 5.69 Å². The van der Waals surface area contributed by atoms with Gasteiger partial charge in [-0.2, -0.15) is 0 Å². The molecular weight excluding hydrogens is 250 g/mol. The highest BCUT2D eigenvalue weighted by Crippen LogP contribution is 2.28. The molecule has 0 saturated heterocycles. The Morgan fingerprint density at radius 2 is 2.11 bits per heavy atom. The van der Waals surface area contributed by atoms with Gasteiger partial charge >= 0.3 is 5.97 Å². The first-order chi connectivity index (χ1) is 8.58. The minimum absolute atomic E-state index is 0.158. The average Bonchev–Trinajstić information content (AvgIpc) is 2.34. The van der Waals surface area contributed by atoms with E-state index in [1.165, 1.54) is 19.3 Å².